The summed E-state index contributed by atoms with van der Waals surface area (Å²) in [6.45, 7) is 3.75. The average molecular weight is 320 g/mol. The summed E-state index contributed by atoms with van der Waals surface area (Å²) in [5.74, 6) is 0.313. The van der Waals surface area contributed by atoms with Crippen molar-refractivity contribution in [3.05, 3.63) is 28.3 Å². The van der Waals surface area contributed by atoms with E-state index in [2.05, 4.69) is 6.07 Å². The normalized spacial score (nSPS) is 13.3. The Morgan fingerprint density at radius 1 is 1.14 bits per heavy atom. The van der Waals surface area contributed by atoms with Gasteiger partial charge in [-0.25, -0.2) is 4.57 Å². The van der Waals surface area contributed by atoms with Crippen molar-refractivity contribution < 1.29 is 18.1 Å². The molecule has 1 aliphatic carbocycles. The first-order valence-electron chi connectivity index (χ1n) is 7.16. The predicted octanol–water partition coefficient (Wildman–Crippen LogP) is 3.48. The maximum Gasteiger partial charge on any atom is 0.530 e. The summed E-state index contributed by atoms with van der Waals surface area (Å²) in [6, 6.07) is 5.52. The van der Waals surface area contributed by atoms with Crippen molar-refractivity contribution in [1.82, 2.24) is 0 Å². The first kappa shape index (κ1) is 16.5. The van der Waals surface area contributed by atoms with E-state index in [-0.39, 0.29) is 18.8 Å². The molecule has 6 nitrogen and oxygen atoms in total. The molecule has 0 N–H and O–H groups in total. The molecule has 22 heavy (non-hydrogen) atoms. The Kier molecular flexibility index (Phi) is 5.21. The molecule has 0 unspecified atom stereocenters. The van der Waals surface area contributed by atoms with Crippen molar-refractivity contribution >= 4 is 7.82 Å². The molecule has 1 aromatic carbocycles. The lowest BCUT2D eigenvalue weighted by molar-refractivity contribution is 0.167. The lowest BCUT2D eigenvalue weighted by Crippen LogP contribution is -2.05. The zero-order valence-electron chi connectivity index (χ0n) is 12.6. The van der Waals surface area contributed by atoms with Gasteiger partial charge in [0.1, 0.15) is 17.9 Å². The molecular formula is C15H17N2O4P. The molecule has 0 aliphatic heterocycles. The standard InChI is InChI=1S/C15H17N2O4P/c1-3-19-22(18,20-4-2)21-15-8-11(9-16)14(10-17)12-6-5-7-13(12)15/h8H,3-7H2,1-2H3. The zero-order valence-corrected chi connectivity index (χ0v) is 13.5. The van der Waals surface area contributed by atoms with Crippen molar-refractivity contribution in [3.8, 4) is 17.9 Å². The minimum absolute atomic E-state index is 0.181. The number of nitriles is 2. The van der Waals surface area contributed by atoms with Crippen LogP contribution in [0, 0.1) is 22.7 Å². The summed E-state index contributed by atoms with van der Waals surface area (Å²) in [4.78, 5) is 0. The van der Waals surface area contributed by atoms with Gasteiger partial charge >= 0.3 is 7.82 Å². The van der Waals surface area contributed by atoms with Gasteiger partial charge in [0.15, 0.2) is 0 Å². The summed E-state index contributed by atoms with van der Waals surface area (Å²) >= 11 is 0. The Bertz CT molecular complexity index is 693. The van der Waals surface area contributed by atoms with Crippen LogP contribution in [-0.4, -0.2) is 13.2 Å². The Hall–Kier alpha value is -1.85. The zero-order chi connectivity index (χ0) is 16.2. The second kappa shape index (κ2) is 6.94. The number of phosphoric ester groups is 1. The summed E-state index contributed by atoms with van der Waals surface area (Å²) in [6.07, 6.45) is 2.28. The maximum atomic E-state index is 12.5. The van der Waals surface area contributed by atoms with Gasteiger partial charge < -0.3 is 4.52 Å². The van der Waals surface area contributed by atoms with Gasteiger partial charge in [-0.2, -0.15) is 10.5 Å². The fourth-order valence-electron chi connectivity index (χ4n) is 2.57. The van der Waals surface area contributed by atoms with Gasteiger partial charge in [0.05, 0.1) is 24.3 Å². The number of benzene rings is 1. The molecule has 0 spiro atoms. The van der Waals surface area contributed by atoms with E-state index in [0.717, 1.165) is 17.5 Å². The Morgan fingerprint density at radius 3 is 2.32 bits per heavy atom. The highest BCUT2D eigenvalue weighted by Crippen LogP contribution is 2.51. The number of phosphoric acid groups is 1. The van der Waals surface area contributed by atoms with Gasteiger partial charge in [0, 0.05) is 6.07 Å². The molecule has 0 atom stereocenters. The highest BCUT2D eigenvalue weighted by atomic mass is 31.2. The lowest BCUT2D eigenvalue weighted by Gasteiger charge is -2.19. The molecule has 0 saturated carbocycles. The molecule has 0 heterocycles. The third-order valence-electron chi connectivity index (χ3n) is 3.38. The average Bonchev–Trinajstić information content (AvgIpc) is 2.96. The van der Waals surface area contributed by atoms with E-state index in [9.17, 15) is 15.1 Å². The lowest BCUT2D eigenvalue weighted by atomic mass is 9.98. The number of fused-ring (bicyclic) bond motifs is 1. The molecule has 0 radical (unpaired) electrons. The third-order valence-corrected chi connectivity index (χ3v) is 4.95. The molecule has 0 saturated heterocycles. The molecular weight excluding hydrogens is 303 g/mol. The van der Waals surface area contributed by atoms with E-state index < -0.39 is 7.82 Å². The van der Waals surface area contributed by atoms with Crippen molar-refractivity contribution in [1.29, 1.82) is 10.5 Å². The van der Waals surface area contributed by atoms with Gasteiger partial charge in [0.25, 0.3) is 0 Å². The molecule has 2 rings (SSSR count). The molecule has 0 aromatic heterocycles. The minimum atomic E-state index is -3.72. The van der Waals surface area contributed by atoms with E-state index in [0.29, 0.717) is 24.2 Å². The molecule has 0 fully saturated rings. The van der Waals surface area contributed by atoms with Crippen molar-refractivity contribution in [3.63, 3.8) is 0 Å². The fraction of sp³-hybridized carbons (Fsp3) is 0.467. The largest absolute Gasteiger partial charge is 0.530 e. The Balaban J connectivity index is 2.49. The summed E-state index contributed by atoms with van der Waals surface area (Å²) in [5.41, 5.74) is 2.22. The van der Waals surface area contributed by atoms with Crippen LogP contribution in [0.3, 0.4) is 0 Å². The van der Waals surface area contributed by atoms with Gasteiger partial charge in [-0.05, 0) is 44.2 Å². The van der Waals surface area contributed by atoms with Gasteiger partial charge in [0.2, 0.25) is 0 Å². The van der Waals surface area contributed by atoms with E-state index >= 15 is 0 Å². The number of hydrogen-bond donors (Lipinski definition) is 0. The smallest absolute Gasteiger partial charge is 0.404 e. The number of rotatable bonds is 6. The fourth-order valence-corrected chi connectivity index (χ4v) is 3.78. The highest BCUT2D eigenvalue weighted by molar-refractivity contribution is 7.48. The molecule has 1 aliphatic rings. The second-order valence-corrected chi connectivity index (χ2v) is 6.30. The highest BCUT2D eigenvalue weighted by Gasteiger charge is 2.31. The Morgan fingerprint density at radius 2 is 1.77 bits per heavy atom. The third kappa shape index (κ3) is 3.15. The van der Waals surface area contributed by atoms with Crippen LogP contribution in [0.4, 0.5) is 0 Å². The number of nitrogens with zero attached hydrogens (tertiary/aromatic N) is 2. The molecule has 7 heteroatoms. The van der Waals surface area contributed by atoms with E-state index in [1.807, 2.05) is 6.07 Å². The van der Waals surface area contributed by atoms with Crippen molar-refractivity contribution in [2.24, 2.45) is 0 Å². The van der Waals surface area contributed by atoms with Crippen LogP contribution in [0.1, 0.15) is 42.5 Å². The van der Waals surface area contributed by atoms with Gasteiger partial charge in [-0.15, -0.1) is 0 Å². The van der Waals surface area contributed by atoms with Crippen LogP contribution < -0.4 is 4.52 Å². The molecule has 0 bridgehead atoms. The van der Waals surface area contributed by atoms with E-state index in [1.54, 1.807) is 13.8 Å². The van der Waals surface area contributed by atoms with E-state index in [1.165, 1.54) is 6.07 Å². The minimum Gasteiger partial charge on any atom is -0.404 e. The summed E-state index contributed by atoms with van der Waals surface area (Å²) < 4.78 is 28.3. The van der Waals surface area contributed by atoms with E-state index in [4.69, 9.17) is 13.6 Å². The maximum absolute atomic E-state index is 12.5. The number of hydrogen-bond acceptors (Lipinski definition) is 6. The van der Waals surface area contributed by atoms with Crippen molar-refractivity contribution in [2.75, 3.05) is 13.2 Å². The van der Waals surface area contributed by atoms with Crippen LogP contribution in [-0.2, 0) is 26.5 Å². The molecule has 1 aromatic rings. The van der Waals surface area contributed by atoms with Crippen LogP contribution in [0.25, 0.3) is 0 Å². The Labute approximate surface area is 129 Å². The second-order valence-electron chi connectivity index (χ2n) is 4.71. The first-order valence-corrected chi connectivity index (χ1v) is 8.62. The monoisotopic (exact) mass is 320 g/mol. The molecule has 0 amide bonds. The van der Waals surface area contributed by atoms with Gasteiger partial charge in [-0.3, -0.25) is 9.05 Å². The van der Waals surface area contributed by atoms with Crippen LogP contribution >= 0.6 is 7.82 Å². The topological polar surface area (TPSA) is 92.3 Å². The van der Waals surface area contributed by atoms with Crippen molar-refractivity contribution in [2.45, 2.75) is 33.1 Å². The summed E-state index contributed by atoms with van der Waals surface area (Å²) in [7, 11) is -3.72. The predicted molar refractivity (Wildman–Crippen MR) is 79.4 cm³/mol. The van der Waals surface area contributed by atoms with Gasteiger partial charge in [-0.1, -0.05) is 0 Å². The quantitative estimate of drug-likeness (QED) is 0.745. The van der Waals surface area contributed by atoms with Crippen LogP contribution in [0.15, 0.2) is 6.07 Å². The first-order chi connectivity index (χ1) is 10.6. The van der Waals surface area contributed by atoms with Crippen LogP contribution in [0.2, 0.25) is 0 Å². The SMILES string of the molecule is CCOP(=O)(OCC)Oc1cc(C#N)c(C#N)c2c1CCC2. The summed E-state index contributed by atoms with van der Waals surface area (Å²) in [5, 5.41) is 18.5. The van der Waals surface area contributed by atoms with Crippen LogP contribution in [0.5, 0.6) is 5.75 Å². The molecule has 116 valence electrons.